The molecule has 154 valence electrons. The summed E-state index contributed by atoms with van der Waals surface area (Å²) in [6, 6.07) is 10.6. The molecule has 0 heterocycles. The van der Waals surface area contributed by atoms with Gasteiger partial charge in [0, 0.05) is 0 Å². The molecule has 1 aliphatic rings. The molecule has 0 aromatic heterocycles. The third kappa shape index (κ3) is 4.46. The quantitative estimate of drug-likeness (QED) is 0.204. The fraction of sp³-hybridized carbons (Fsp3) is 0.625. The largest absolute Gasteiger partial charge is 0.135 e. The zero-order valence-corrected chi connectivity index (χ0v) is 30.8. The second-order valence-electron chi connectivity index (χ2n) is 6.37. The maximum absolute atomic E-state index is 4.08. The smallest absolute Gasteiger partial charge is 0.0802 e. The molecule has 0 saturated heterocycles. The van der Waals surface area contributed by atoms with E-state index in [0.717, 1.165) is 25.7 Å². The zero-order valence-electron chi connectivity index (χ0n) is 13.4. The van der Waals surface area contributed by atoms with Crippen molar-refractivity contribution in [3.63, 3.8) is 0 Å². The Labute approximate surface area is 253 Å². The fourth-order valence-corrected chi connectivity index (χ4v) is 16.0. The summed E-state index contributed by atoms with van der Waals surface area (Å²) in [7, 11) is 0. The molecule has 1 aromatic rings. The lowest BCUT2D eigenvalue weighted by Gasteiger charge is -2.66. The van der Waals surface area contributed by atoms with Gasteiger partial charge in [0.15, 0.2) is 0 Å². The van der Waals surface area contributed by atoms with Crippen LogP contribution < -0.4 is 0 Å². The van der Waals surface area contributed by atoms with E-state index in [1.165, 1.54) is 5.56 Å². The van der Waals surface area contributed by atoms with Gasteiger partial charge < -0.3 is 0 Å². The predicted molar refractivity (Wildman–Crippen MR) is 159 cm³/mol. The molecule has 11 heteroatoms. The molecule has 0 atom stereocenters. The van der Waals surface area contributed by atoms with Gasteiger partial charge in [-0.05, 0) is 24.8 Å². The van der Waals surface area contributed by atoms with E-state index in [9.17, 15) is 0 Å². The van der Waals surface area contributed by atoms with Crippen LogP contribution in [0.25, 0.3) is 0 Å². The van der Waals surface area contributed by atoms with Gasteiger partial charge in [-0.3, -0.25) is 0 Å². The minimum absolute atomic E-state index is 0.477. The molecule has 0 radical (unpaired) electrons. The van der Waals surface area contributed by atoms with Crippen molar-refractivity contribution in [3.8, 4) is 0 Å². The Morgan fingerprint density at radius 3 is 1.37 bits per heavy atom. The van der Waals surface area contributed by atoms with E-state index < -0.39 is 20.5 Å². The van der Waals surface area contributed by atoms with Crippen molar-refractivity contribution in [2.75, 3.05) is 0 Å². The average molecular weight is 1080 g/mol. The third-order valence-electron chi connectivity index (χ3n) is 4.65. The summed E-state index contributed by atoms with van der Waals surface area (Å²) in [4.78, 5) is 0. The van der Waals surface area contributed by atoms with Crippen LogP contribution in [0.3, 0.4) is 0 Å². The van der Waals surface area contributed by atoms with E-state index in [-0.39, 0.29) is 0 Å². The van der Waals surface area contributed by atoms with Crippen molar-refractivity contribution in [1.82, 2.24) is 0 Å². The van der Waals surface area contributed by atoms with Crippen LogP contribution in [0.15, 0.2) is 30.3 Å². The molecule has 27 heavy (non-hydrogen) atoms. The van der Waals surface area contributed by atoms with Crippen LogP contribution in [0.2, 0.25) is 0 Å². The van der Waals surface area contributed by atoms with Crippen molar-refractivity contribution in [3.05, 3.63) is 35.9 Å². The molecule has 0 amide bonds. The van der Waals surface area contributed by atoms with Crippen molar-refractivity contribution >= 4 is 175 Å². The van der Waals surface area contributed by atoms with Gasteiger partial charge >= 0.3 is 0 Å². The minimum atomic E-state index is -0.665. The van der Waals surface area contributed by atoms with Gasteiger partial charge in [-0.25, -0.2) is 0 Å². The fourth-order valence-electron chi connectivity index (χ4n) is 2.94. The topological polar surface area (TPSA) is 0 Å². The van der Waals surface area contributed by atoms with Gasteiger partial charge in [0.05, 0.1) is 4.32 Å². The number of alkyl halides is 11. The number of hydrogen-bond acceptors (Lipinski definition) is 0. The lowest BCUT2D eigenvalue weighted by atomic mass is 9.83. The predicted octanol–water partition coefficient (Wildman–Crippen LogP) is 11.0. The van der Waals surface area contributed by atoms with Crippen molar-refractivity contribution < 1.29 is 0 Å². The van der Waals surface area contributed by atoms with Gasteiger partial charge in [0.25, 0.3) is 0 Å². The van der Waals surface area contributed by atoms with Gasteiger partial charge in [0.1, 0.15) is 16.2 Å². The summed E-state index contributed by atoms with van der Waals surface area (Å²) in [6.07, 6.45) is 4.05. The standard InChI is InChI=1S/C16H13Br11/c17-11(9-5-4-8-10-6-2-1-3-7-10)12(18,19)14(22,23)16(26,27)15(24,25)13(11,20)21/h1-3,6-7H,4-5,8-9H2. The van der Waals surface area contributed by atoms with E-state index in [4.69, 9.17) is 0 Å². The summed E-state index contributed by atoms with van der Waals surface area (Å²) in [5.74, 6) is 0. The second kappa shape index (κ2) is 9.63. The summed E-state index contributed by atoms with van der Waals surface area (Å²) in [5.41, 5.74) is 1.36. The molecule has 0 aliphatic heterocycles. The summed E-state index contributed by atoms with van der Waals surface area (Å²) < 4.78 is -3.67. The highest BCUT2D eigenvalue weighted by Gasteiger charge is 2.84. The lowest BCUT2D eigenvalue weighted by Crippen LogP contribution is -2.78. The summed E-state index contributed by atoms with van der Waals surface area (Å²) in [5, 5.41) is 0. The molecule has 1 saturated carbocycles. The van der Waals surface area contributed by atoms with Gasteiger partial charge in [0.2, 0.25) is 0 Å². The molecule has 0 spiro atoms. The molecule has 1 aliphatic carbocycles. The van der Waals surface area contributed by atoms with Crippen LogP contribution in [0, 0.1) is 0 Å². The number of halogens is 11. The van der Waals surface area contributed by atoms with E-state index in [1.807, 2.05) is 0 Å². The Hall–Kier alpha value is 4.50. The molecule has 0 nitrogen and oxygen atoms in total. The molecule has 0 N–H and O–H groups in total. The summed E-state index contributed by atoms with van der Waals surface area (Å²) >= 11 is 43.1. The van der Waals surface area contributed by atoms with E-state index >= 15 is 0 Å². The Balaban J connectivity index is 2.31. The first-order valence-corrected chi connectivity index (χ1v) is 16.4. The normalized spacial score (nSPS) is 26.5. The molecule has 0 unspecified atom stereocenters. The molecular formula is C16H13Br11. The zero-order chi connectivity index (χ0) is 20.9. The first-order chi connectivity index (χ1) is 12.1. The Bertz CT molecular complexity index is 636. The Morgan fingerprint density at radius 2 is 0.926 bits per heavy atom. The van der Waals surface area contributed by atoms with Crippen LogP contribution in [0.1, 0.15) is 24.8 Å². The van der Waals surface area contributed by atoms with Crippen LogP contribution in [-0.4, -0.2) is 20.5 Å². The van der Waals surface area contributed by atoms with E-state index in [0.29, 0.717) is 0 Å². The molecule has 1 fully saturated rings. The molecule has 1 aromatic carbocycles. The Kier molecular flexibility index (Phi) is 9.89. The first-order valence-electron chi connectivity index (χ1n) is 7.70. The highest BCUT2D eigenvalue weighted by Crippen LogP contribution is 2.82. The number of aryl methyl sites for hydroxylation is 1. The highest BCUT2D eigenvalue weighted by atomic mass is 79.9. The number of benzene rings is 1. The number of hydrogen-bond donors (Lipinski definition) is 0. The maximum Gasteiger partial charge on any atom is 0.135 e. The lowest BCUT2D eigenvalue weighted by molar-refractivity contribution is 0.372. The number of unbranched alkanes of at least 4 members (excludes halogenated alkanes) is 1. The van der Waals surface area contributed by atoms with Crippen LogP contribution in [0.4, 0.5) is 0 Å². The first kappa shape index (κ1) is 27.7. The van der Waals surface area contributed by atoms with Crippen molar-refractivity contribution in [1.29, 1.82) is 0 Å². The average Bonchev–Trinajstić information content (AvgIpc) is 2.57. The van der Waals surface area contributed by atoms with Crippen LogP contribution in [-0.2, 0) is 6.42 Å². The highest BCUT2D eigenvalue weighted by molar-refractivity contribution is 9.36. The second-order valence-corrected chi connectivity index (χ2v) is 24.9. The summed E-state index contributed by atoms with van der Waals surface area (Å²) in [6.45, 7) is 0. The minimum Gasteiger partial charge on any atom is -0.0802 e. The third-order valence-corrected chi connectivity index (χ3v) is 29.1. The van der Waals surface area contributed by atoms with E-state index in [1.54, 1.807) is 0 Å². The monoisotopic (exact) mass is 1070 g/mol. The van der Waals surface area contributed by atoms with Crippen molar-refractivity contribution in [2.45, 2.75) is 46.2 Å². The maximum atomic E-state index is 4.08. The number of rotatable bonds is 5. The molecule has 2 rings (SSSR count). The van der Waals surface area contributed by atoms with Gasteiger partial charge in [-0.15, -0.1) is 0 Å². The van der Waals surface area contributed by atoms with Crippen LogP contribution in [0.5, 0.6) is 0 Å². The molecule has 0 bridgehead atoms. The van der Waals surface area contributed by atoms with Crippen LogP contribution >= 0.6 is 175 Å². The van der Waals surface area contributed by atoms with Gasteiger partial charge in [-0.1, -0.05) is 212 Å². The Morgan fingerprint density at radius 1 is 0.519 bits per heavy atom. The molecular weight excluding hydrogens is 1070 g/mol. The van der Waals surface area contributed by atoms with E-state index in [2.05, 4.69) is 206 Å². The SMILES string of the molecule is BrC1(Br)C(Br)(Br)C(Br)(Br)C(Br)(CCCCc2ccccc2)C(Br)(Br)C1(Br)Br. The van der Waals surface area contributed by atoms with Gasteiger partial charge in [-0.2, -0.15) is 0 Å². The van der Waals surface area contributed by atoms with Crippen molar-refractivity contribution in [2.24, 2.45) is 0 Å².